The number of hydrogen-bond acceptors (Lipinski definition) is 2. The fraction of sp³-hybridized carbons (Fsp3) is 1.00. The third-order valence-electron chi connectivity index (χ3n) is 3.50. The molecule has 1 unspecified atom stereocenters. The Bertz CT molecular complexity index is 129. The fourth-order valence-electron chi connectivity index (χ4n) is 2.29. The molecule has 78 valence electrons. The van der Waals surface area contributed by atoms with E-state index in [2.05, 4.69) is 19.2 Å². The standard InChI is InChI=1S/C11H23NO/c1-4-11(5-2,13-3)9-10-7-6-8-12-10/h10,12H,4-9H2,1-3H3. The minimum absolute atomic E-state index is 0.127. The monoisotopic (exact) mass is 185 g/mol. The molecule has 0 aromatic rings. The number of methoxy groups -OCH3 is 1. The summed E-state index contributed by atoms with van der Waals surface area (Å²) in [6.45, 7) is 5.64. The van der Waals surface area contributed by atoms with Gasteiger partial charge in [0.2, 0.25) is 0 Å². The molecule has 0 aliphatic carbocycles. The summed E-state index contributed by atoms with van der Waals surface area (Å²) in [4.78, 5) is 0. The topological polar surface area (TPSA) is 21.3 Å². The quantitative estimate of drug-likeness (QED) is 0.710. The van der Waals surface area contributed by atoms with Gasteiger partial charge in [-0.25, -0.2) is 0 Å². The summed E-state index contributed by atoms with van der Waals surface area (Å²) in [5.74, 6) is 0. The van der Waals surface area contributed by atoms with E-state index >= 15 is 0 Å². The molecule has 0 aromatic heterocycles. The first-order chi connectivity index (χ1) is 6.26. The summed E-state index contributed by atoms with van der Waals surface area (Å²) >= 11 is 0. The first kappa shape index (κ1) is 11.0. The second-order valence-electron chi connectivity index (χ2n) is 4.09. The number of ether oxygens (including phenoxy) is 1. The van der Waals surface area contributed by atoms with Gasteiger partial charge in [0.1, 0.15) is 0 Å². The first-order valence-corrected chi connectivity index (χ1v) is 5.55. The molecule has 1 saturated heterocycles. The Balaban J connectivity index is 2.44. The summed E-state index contributed by atoms with van der Waals surface area (Å²) in [6.07, 6.45) is 6.08. The van der Waals surface area contributed by atoms with E-state index in [-0.39, 0.29) is 5.60 Å². The van der Waals surface area contributed by atoms with Gasteiger partial charge in [0.05, 0.1) is 5.60 Å². The van der Waals surface area contributed by atoms with Crippen LogP contribution < -0.4 is 5.32 Å². The van der Waals surface area contributed by atoms with E-state index in [9.17, 15) is 0 Å². The van der Waals surface area contributed by atoms with Gasteiger partial charge in [-0.05, 0) is 38.6 Å². The van der Waals surface area contributed by atoms with Crippen molar-refractivity contribution in [2.45, 2.75) is 57.6 Å². The highest BCUT2D eigenvalue weighted by atomic mass is 16.5. The zero-order valence-electron chi connectivity index (χ0n) is 9.23. The molecule has 0 spiro atoms. The maximum atomic E-state index is 5.66. The molecular weight excluding hydrogens is 162 g/mol. The molecule has 1 N–H and O–H groups in total. The lowest BCUT2D eigenvalue weighted by Crippen LogP contribution is -2.37. The van der Waals surface area contributed by atoms with E-state index in [1.54, 1.807) is 0 Å². The van der Waals surface area contributed by atoms with Crippen LogP contribution in [0.1, 0.15) is 46.0 Å². The second kappa shape index (κ2) is 4.97. The van der Waals surface area contributed by atoms with Gasteiger partial charge in [0, 0.05) is 13.2 Å². The Labute approximate surface area is 82.0 Å². The maximum Gasteiger partial charge on any atom is 0.0688 e. The number of nitrogens with one attached hydrogen (secondary N) is 1. The molecule has 13 heavy (non-hydrogen) atoms. The van der Waals surface area contributed by atoms with Crippen molar-refractivity contribution in [1.29, 1.82) is 0 Å². The van der Waals surface area contributed by atoms with Crippen molar-refractivity contribution in [3.05, 3.63) is 0 Å². The molecule has 1 aliphatic heterocycles. The minimum atomic E-state index is 0.127. The molecule has 1 aliphatic rings. The van der Waals surface area contributed by atoms with Crippen LogP contribution in [0.5, 0.6) is 0 Å². The van der Waals surface area contributed by atoms with Crippen molar-refractivity contribution in [2.24, 2.45) is 0 Å². The predicted octanol–water partition coefficient (Wildman–Crippen LogP) is 2.33. The Hall–Kier alpha value is -0.0800. The van der Waals surface area contributed by atoms with E-state index in [0.29, 0.717) is 6.04 Å². The lowest BCUT2D eigenvalue weighted by molar-refractivity contribution is -0.0297. The maximum absolute atomic E-state index is 5.66. The second-order valence-corrected chi connectivity index (χ2v) is 4.09. The van der Waals surface area contributed by atoms with Crippen molar-refractivity contribution in [1.82, 2.24) is 5.32 Å². The smallest absolute Gasteiger partial charge is 0.0688 e. The minimum Gasteiger partial charge on any atom is -0.378 e. The predicted molar refractivity (Wildman–Crippen MR) is 56.0 cm³/mol. The van der Waals surface area contributed by atoms with Crippen LogP contribution in [-0.2, 0) is 4.74 Å². The van der Waals surface area contributed by atoms with Crippen LogP contribution in [0.15, 0.2) is 0 Å². The Kier molecular flexibility index (Phi) is 4.20. The molecular formula is C11H23NO. The fourth-order valence-corrected chi connectivity index (χ4v) is 2.29. The summed E-state index contributed by atoms with van der Waals surface area (Å²) < 4.78 is 5.66. The highest BCUT2D eigenvalue weighted by Gasteiger charge is 2.30. The highest BCUT2D eigenvalue weighted by molar-refractivity contribution is 4.86. The van der Waals surface area contributed by atoms with Gasteiger partial charge in [0.15, 0.2) is 0 Å². The molecule has 1 fully saturated rings. The van der Waals surface area contributed by atoms with Gasteiger partial charge in [-0.3, -0.25) is 0 Å². The van der Waals surface area contributed by atoms with Crippen LogP contribution in [0.4, 0.5) is 0 Å². The van der Waals surface area contributed by atoms with Crippen molar-refractivity contribution < 1.29 is 4.74 Å². The Morgan fingerprint density at radius 1 is 1.38 bits per heavy atom. The third kappa shape index (κ3) is 2.68. The summed E-state index contributed by atoms with van der Waals surface area (Å²) in [5, 5.41) is 3.53. The summed E-state index contributed by atoms with van der Waals surface area (Å²) in [5.41, 5.74) is 0.127. The van der Waals surface area contributed by atoms with Crippen molar-refractivity contribution in [3.63, 3.8) is 0 Å². The van der Waals surface area contributed by atoms with Crippen LogP contribution in [0.2, 0.25) is 0 Å². The molecule has 0 radical (unpaired) electrons. The van der Waals surface area contributed by atoms with Crippen molar-refractivity contribution in [3.8, 4) is 0 Å². The van der Waals surface area contributed by atoms with Crippen LogP contribution in [0.3, 0.4) is 0 Å². The lowest BCUT2D eigenvalue weighted by atomic mass is 9.89. The molecule has 0 saturated carbocycles. The van der Waals surface area contributed by atoms with Crippen LogP contribution in [-0.4, -0.2) is 25.3 Å². The van der Waals surface area contributed by atoms with Crippen LogP contribution in [0, 0.1) is 0 Å². The average molecular weight is 185 g/mol. The zero-order chi connectivity index (χ0) is 9.73. The van der Waals surface area contributed by atoms with E-state index in [0.717, 1.165) is 12.8 Å². The third-order valence-corrected chi connectivity index (χ3v) is 3.50. The van der Waals surface area contributed by atoms with Gasteiger partial charge in [0.25, 0.3) is 0 Å². The largest absolute Gasteiger partial charge is 0.378 e. The summed E-state index contributed by atoms with van der Waals surface area (Å²) in [7, 11) is 1.85. The lowest BCUT2D eigenvalue weighted by Gasteiger charge is -2.32. The average Bonchev–Trinajstić information content (AvgIpc) is 2.67. The van der Waals surface area contributed by atoms with Gasteiger partial charge < -0.3 is 10.1 Å². The normalized spacial score (nSPS) is 23.8. The highest BCUT2D eigenvalue weighted by Crippen LogP contribution is 2.27. The SMILES string of the molecule is CCC(CC)(CC1CCCN1)OC. The summed E-state index contributed by atoms with van der Waals surface area (Å²) in [6, 6.07) is 0.694. The molecule has 1 heterocycles. The van der Waals surface area contributed by atoms with Gasteiger partial charge in [-0.2, -0.15) is 0 Å². The van der Waals surface area contributed by atoms with E-state index in [1.165, 1.54) is 25.8 Å². The molecule has 1 atom stereocenters. The molecule has 0 bridgehead atoms. The number of rotatable bonds is 5. The Morgan fingerprint density at radius 2 is 2.08 bits per heavy atom. The Morgan fingerprint density at radius 3 is 2.46 bits per heavy atom. The first-order valence-electron chi connectivity index (χ1n) is 5.55. The van der Waals surface area contributed by atoms with Gasteiger partial charge in [-0.15, -0.1) is 0 Å². The molecule has 0 amide bonds. The molecule has 0 aromatic carbocycles. The zero-order valence-corrected chi connectivity index (χ0v) is 9.23. The van der Waals surface area contributed by atoms with Gasteiger partial charge >= 0.3 is 0 Å². The van der Waals surface area contributed by atoms with Crippen molar-refractivity contribution >= 4 is 0 Å². The molecule has 2 nitrogen and oxygen atoms in total. The van der Waals surface area contributed by atoms with Crippen molar-refractivity contribution in [2.75, 3.05) is 13.7 Å². The van der Waals surface area contributed by atoms with E-state index < -0.39 is 0 Å². The molecule has 1 rings (SSSR count). The van der Waals surface area contributed by atoms with E-state index in [1.807, 2.05) is 7.11 Å². The van der Waals surface area contributed by atoms with Crippen LogP contribution in [0.25, 0.3) is 0 Å². The molecule has 2 heteroatoms. The van der Waals surface area contributed by atoms with Crippen LogP contribution >= 0.6 is 0 Å². The van der Waals surface area contributed by atoms with Gasteiger partial charge in [-0.1, -0.05) is 13.8 Å². The van der Waals surface area contributed by atoms with E-state index in [4.69, 9.17) is 4.74 Å². The number of hydrogen-bond donors (Lipinski definition) is 1.